The second kappa shape index (κ2) is 14.0. The predicted octanol–water partition coefficient (Wildman–Crippen LogP) is 7.19. The van der Waals surface area contributed by atoms with E-state index in [2.05, 4.69) is 9.97 Å². The lowest BCUT2D eigenvalue weighted by Gasteiger charge is -2.03. The Labute approximate surface area is 214 Å². The Balaban J connectivity index is 1.03. The summed E-state index contributed by atoms with van der Waals surface area (Å²) in [5.74, 6) is 0.414. The molecule has 2 aromatic heterocycles. The number of unbranched alkanes of at least 4 members (excludes halogenated alkanes) is 2. The van der Waals surface area contributed by atoms with Crippen molar-refractivity contribution >= 4 is 24.3 Å². The van der Waals surface area contributed by atoms with E-state index in [4.69, 9.17) is 18.3 Å². The molecule has 0 saturated heterocycles. The van der Waals surface area contributed by atoms with Gasteiger partial charge in [-0.15, -0.1) is 0 Å². The van der Waals surface area contributed by atoms with Crippen molar-refractivity contribution in [2.24, 2.45) is 0 Å². The van der Waals surface area contributed by atoms with Crippen LogP contribution in [0.25, 0.3) is 24.3 Å². The number of nitrogens with zero attached hydrogens (tertiary/aromatic N) is 2. The van der Waals surface area contributed by atoms with Gasteiger partial charge in [-0.05, 0) is 66.8 Å². The quantitative estimate of drug-likeness (QED) is 0.169. The molecule has 0 N–H and O–H groups in total. The Hall–Kier alpha value is -3.88. The topological polar surface area (TPSA) is 70.5 Å². The van der Waals surface area contributed by atoms with Crippen molar-refractivity contribution in [2.75, 3.05) is 13.2 Å². The predicted molar refractivity (Wildman–Crippen MR) is 137 cm³/mol. The second-order valence-corrected chi connectivity index (χ2v) is 8.29. The maximum absolute atomic E-state index is 13.0. The molecule has 37 heavy (non-hydrogen) atoms. The van der Waals surface area contributed by atoms with Gasteiger partial charge in [-0.25, -0.2) is 18.7 Å². The zero-order chi connectivity index (χ0) is 25.7. The molecule has 0 radical (unpaired) electrons. The normalized spacial score (nSPS) is 11.7. The molecule has 0 unspecified atom stereocenters. The fourth-order valence-electron chi connectivity index (χ4n) is 3.35. The number of halogens is 2. The molecule has 192 valence electrons. The lowest BCUT2D eigenvalue weighted by atomic mass is 10.2. The van der Waals surface area contributed by atoms with E-state index in [-0.39, 0.29) is 11.6 Å². The van der Waals surface area contributed by atoms with E-state index >= 15 is 0 Å². The summed E-state index contributed by atoms with van der Waals surface area (Å²) < 4.78 is 48.1. The van der Waals surface area contributed by atoms with Crippen molar-refractivity contribution in [3.05, 3.63) is 107 Å². The second-order valence-electron chi connectivity index (χ2n) is 8.29. The maximum Gasteiger partial charge on any atom is 0.218 e. The van der Waals surface area contributed by atoms with Crippen LogP contribution in [0, 0.1) is 11.6 Å². The monoisotopic (exact) mass is 506 g/mol. The highest BCUT2D eigenvalue weighted by Gasteiger charge is 2.03. The number of ether oxygens (including phenoxy) is 2. The Morgan fingerprint density at radius 1 is 0.595 bits per heavy atom. The molecule has 0 aliphatic rings. The van der Waals surface area contributed by atoms with Crippen LogP contribution >= 0.6 is 0 Å². The number of hydrogen-bond donors (Lipinski definition) is 0. The largest absolute Gasteiger partial charge is 0.445 e. The van der Waals surface area contributed by atoms with E-state index in [1.165, 1.54) is 24.3 Å². The average molecular weight is 507 g/mol. The first-order valence-corrected chi connectivity index (χ1v) is 12.1. The first-order chi connectivity index (χ1) is 18.1. The molecule has 0 saturated carbocycles. The molecule has 0 amide bonds. The Morgan fingerprint density at radius 2 is 1.03 bits per heavy atom. The van der Waals surface area contributed by atoms with E-state index in [9.17, 15) is 8.78 Å². The van der Waals surface area contributed by atoms with Gasteiger partial charge in [-0.2, -0.15) is 0 Å². The summed E-state index contributed by atoms with van der Waals surface area (Å²) in [6.07, 6.45) is 13.1. The molecule has 4 aromatic rings. The first kappa shape index (κ1) is 26.2. The molecule has 2 aromatic carbocycles. The summed E-state index contributed by atoms with van der Waals surface area (Å²) in [4.78, 5) is 8.72. The van der Waals surface area contributed by atoms with Crippen LogP contribution in [0.5, 0.6) is 0 Å². The van der Waals surface area contributed by atoms with Crippen molar-refractivity contribution in [1.82, 2.24) is 9.97 Å². The van der Waals surface area contributed by atoms with Crippen LogP contribution in [0.4, 0.5) is 8.78 Å². The Morgan fingerprint density at radius 3 is 1.46 bits per heavy atom. The lowest BCUT2D eigenvalue weighted by Crippen LogP contribution is -1.99. The number of hydrogen-bond acceptors (Lipinski definition) is 6. The minimum atomic E-state index is -0.268. The fourth-order valence-corrected chi connectivity index (χ4v) is 3.35. The highest BCUT2D eigenvalue weighted by atomic mass is 19.1. The molecule has 0 atom stereocenters. The molecular weight excluding hydrogens is 478 g/mol. The van der Waals surface area contributed by atoms with E-state index < -0.39 is 0 Å². The van der Waals surface area contributed by atoms with Crippen LogP contribution in [0.15, 0.2) is 69.9 Å². The molecule has 0 spiro atoms. The molecule has 0 aliphatic heterocycles. The van der Waals surface area contributed by atoms with Crippen LogP contribution in [0.3, 0.4) is 0 Å². The number of oxazole rings is 2. The summed E-state index contributed by atoms with van der Waals surface area (Å²) in [6, 6.07) is 12.4. The molecular formula is C29H28F2N2O4. The molecule has 0 fully saturated rings. The SMILES string of the molecule is Fc1ccc(/C=C/c2nc(COCCCCCOCc3coc(/C=C/c4ccc(F)cc4)n3)co2)cc1. The molecule has 8 heteroatoms. The van der Waals surface area contributed by atoms with Gasteiger partial charge in [-0.3, -0.25) is 0 Å². The van der Waals surface area contributed by atoms with E-state index in [1.54, 1.807) is 48.9 Å². The number of rotatable bonds is 14. The lowest BCUT2D eigenvalue weighted by molar-refractivity contribution is 0.0992. The number of aromatic nitrogens is 2. The molecule has 6 nitrogen and oxygen atoms in total. The van der Waals surface area contributed by atoms with Crippen molar-refractivity contribution < 1.29 is 27.1 Å². The van der Waals surface area contributed by atoms with Gasteiger partial charge in [-0.1, -0.05) is 24.3 Å². The van der Waals surface area contributed by atoms with Crippen molar-refractivity contribution in [1.29, 1.82) is 0 Å². The van der Waals surface area contributed by atoms with E-state index in [0.29, 0.717) is 38.2 Å². The molecule has 0 bridgehead atoms. The number of benzene rings is 2. The van der Waals surface area contributed by atoms with Gasteiger partial charge in [0, 0.05) is 25.4 Å². The minimum Gasteiger partial charge on any atom is -0.445 e. The standard InChI is InChI=1S/C29H28F2N2O4/c30-24-10-4-22(5-11-24)8-14-28-32-26(20-36-28)18-34-16-2-1-3-17-35-19-27-21-37-29(33-27)15-9-23-6-12-25(31)13-7-23/h4-15,20-21H,1-3,16-19H2/b14-8+,15-9+. The van der Waals surface area contributed by atoms with Crippen LogP contribution in [-0.4, -0.2) is 23.2 Å². The summed E-state index contributed by atoms with van der Waals surface area (Å²) in [6.45, 7) is 2.02. The Bertz CT molecular complexity index is 1180. The maximum atomic E-state index is 13.0. The van der Waals surface area contributed by atoms with Gasteiger partial charge in [0.15, 0.2) is 0 Å². The van der Waals surface area contributed by atoms with Gasteiger partial charge < -0.3 is 18.3 Å². The van der Waals surface area contributed by atoms with E-state index in [1.807, 2.05) is 12.2 Å². The molecule has 2 heterocycles. The zero-order valence-electron chi connectivity index (χ0n) is 20.3. The van der Waals surface area contributed by atoms with Crippen molar-refractivity contribution in [3.8, 4) is 0 Å². The third-order valence-corrected chi connectivity index (χ3v) is 5.29. The van der Waals surface area contributed by atoms with Crippen LogP contribution in [0.2, 0.25) is 0 Å². The van der Waals surface area contributed by atoms with Gasteiger partial charge in [0.1, 0.15) is 35.5 Å². The van der Waals surface area contributed by atoms with Gasteiger partial charge in [0.2, 0.25) is 11.8 Å². The van der Waals surface area contributed by atoms with E-state index in [0.717, 1.165) is 41.8 Å². The highest BCUT2D eigenvalue weighted by Crippen LogP contribution is 2.12. The highest BCUT2D eigenvalue weighted by molar-refractivity contribution is 5.66. The van der Waals surface area contributed by atoms with Gasteiger partial charge in [0.25, 0.3) is 0 Å². The smallest absolute Gasteiger partial charge is 0.218 e. The zero-order valence-corrected chi connectivity index (χ0v) is 20.3. The Kier molecular flexibility index (Phi) is 9.92. The third kappa shape index (κ3) is 9.25. The van der Waals surface area contributed by atoms with Gasteiger partial charge >= 0.3 is 0 Å². The summed E-state index contributed by atoms with van der Waals surface area (Å²) in [5, 5.41) is 0. The fraction of sp³-hybridized carbons (Fsp3) is 0.241. The molecule has 4 rings (SSSR count). The third-order valence-electron chi connectivity index (χ3n) is 5.29. The van der Waals surface area contributed by atoms with Crippen molar-refractivity contribution in [3.63, 3.8) is 0 Å². The summed E-state index contributed by atoms with van der Waals surface area (Å²) in [7, 11) is 0. The molecule has 0 aliphatic carbocycles. The van der Waals surface area contributed by atoms with Crippen molar-refractivity contribution in [2.45, 2.75) is 32.5 Å². The van der Waals surface area contributed by atoms with Crippen LogP contribution < -0.4 is 0 Å². The van der Waals surface area contributed by atoms with Crippen LogP contribution in [-0.2, 0) is 22.7 Å². The van der Waals surface area contributed by atoms with Gasteiger partial charge in [0.05, 0.1) is 13.2 Å². The van der Waals surface area contributed by atoms with Crippen LogP contribution in [0.1, 0.15) is 53.6 Å². The minimum absolute atomic E-state index is 0.268. The summed E-state index contributed by atoms with van der Waals surface area (Å²) in [5.41, 5.74) is 3.17. The summed E-state index contributed by atoms with van der Waals surface area (Å²) >= 11 is 0. The average Bonchev–Trinajstić information content (AvgIpc) is 3.56. The first-order valence-electron chi connectivity index (χ1n) is 12.1.